The van der Waals surface area contributed by atoms with Crippen molar-refractivity contribution in [3.8, 4) is 0 Å². The van der Waals surface area contributed by atoms with Crippen LogP contribution in [0.3, 0.4) is 0 Å². The van der Waals surface area contributed by atoms with E-state index in [4.69, 9.17) is 20.0 Å². The second-order valence-electron chi connectivity index (χ2n) is 17.5. The lowest BCUT2D eigenvalue weighted by molar-refractivity contribution is -0.0285. The minimum atomic E-state index is -0.315. The van der Waals surface area contributed by atoms with Gasteiger partial charge in [0.2, 0.25) is 11.9 Å². The second kappa shape index (κ2) is 7.98. The van der Waals surface area contributed by atoms with E-state index in [1.165, 1.54) is 17.0 Å². The normalized spacial score (nSPS) is 39.4. The largest absolute Gasteiger partial charge is 0.325 e. The molecule has 0 saturated heterocycles. The van der Waals surface area contributed by atoms with Crippen molar-refractivity contribution in [2.75, 3.05) is 0 Å². The van der Waals surface area contributed by atoms with E-state index in [0.29, 0.717) is 11.8 Å². The van der Waals surface area contributed by atoms with Gasteiger partial charge in [0.1, 0.15) is 0 Å². The SMILES string of the molecule is CC1=CC2C(C3C=CC2(C)C2=NC(=NC(C)(C)C)N(C(C)(C)C)[C@]23C)[C@@]2(C)C1=NC(=NC(C)(C)C)N2C(C)(C)C. The smallest absolute Gasteiger partial charge is 0.222 e. The molecule has 6 atom stereocenters. The Kier molecular flexibility index (Phi) is 5.84. The number of rotatable bonds is 0. The number of allylic oxidation sites excluding steroid dienone is 2. The van der Waals surface area contributed by atoms with Crippen molar-refractivity contribution < 1.29 is 0 Å². The molecule has 1 fully saturated rings. The Morgan fingerprint density at radius 1 is 0.700 bits per heavy atom. The van der Waals surface area contributed by atoms with Gasteiger partial charge in [-0.1, -0.05) is 25.2 Å². The molecule has 6 heteroatoms. The van der Waals surface area contributed by atoms with Crippen LogP contribution in [-0.2, 0) is 0 Å². The summed E-state index contributed by atoms with van der Waals surface area (Å²) in [7, 11) is 0. The summed E-state index contributed by atoms with van der Waals surface area (Å²) in [4.78, 5) is 26.4. The molecular weight excluding hydrogens is 492 g/mol. The van der Waals surface area contributed by atoms with E-state index in [1.807, 2.05) is 0 Å². The fourth-order valence-corrected chi connectivity index (χ4v) is 8.89. The summed E-state index contributed by atoms with van der Waals surface area (Å²) < 4.78 is 0. The van der Waals surface area contributed by atoms with Gasteiger partial charge in [-0.25, -0.2) is 20.0 Å². The molecule has 6 aliphatic rings. The monoisotopic (exact) mass is 546 g/mol. The quantitative estimate of drug-likeness (QED) is 0.299. The fraction of sp³-hybridized carbons (Fsp3) is 0.765. The predicted molar refractivity (Wildman–Crippen MR) is 171 cm³/mol. The van der Waals surface area contributed by atoms with Crippen molar-refractivity contribution in [2.45, 2.75) is 144 Å². The molecule has 220 valence electrons. The van der Waals surface area contributed by atoms with Gasteiger partial charge >= 0.3 is 0 Å². The van der Waals surface area contributed by atoms with Crippen molar-refractivity contribution >= 4 is 23.3 Å². The number of nitrogens with zero attached hydrogens (tertiary/aromatic N) is 6. The Morgan fingerprint density at radius 2 is 1.18 bits per heavy atom. The molecule has 6 nitrogen and oxygen atoms in total. The summed E-state index contributed by atoms with van der Waals surface area (Å²) in [6.07, 6.45) is 7.51. The molecule has 0 radical (unpaired) electrons. The van der Waals surface area contributed by atoms with E-state index in [1.54, 1.807) is 0 Å². The Bertz CT molecular complexity index is 1310. The van der Waals surface area contributed by atoms with E-state index in [0.717, 1.165) is 11.9 Å². The number of hydrogen-bond acceptors (Lipinski definition) is 2. The first-order chi connectivity index (χ1) is 17.9. The van der Waals surface area contributed by atoms with Crippen molar-refractivity contribution in [3.05, 3.63) is 23.8 Å². The van der Waals surface area contributed by atoms with Crippen LogP contribution < -0.4 is 0 Å². The van der Waals surface area contributed by atoms with E-state index in [-0.39, 0.29) is 44.6 Å². The third-order valence-corrected chi connectivity index (χ3v) is 9.65. The molecule has 4 aliphatic carbocycles. The van der Waals surface area contributed by atoms with Crippen LogP contribution in [0.5, 0.6) is 0 Å². The van der Waals surface area contributed by atoms with Crippen LogP contribution in [0.25, 0.3) is 0 Å². The number of guanidine groups is 2. The minimum Gasteiger partial charge on any atom is -0.325 e. The number of aliphatic imine (C=N–C) groups is 4. The zero-order valence-corrected chi connectivity index (χ0v) is 28.1. The second-order valence-corrected chi connectivity index (χ2v) is 17.5. The van der Waals surface area contributed by atoms with Crippen LogP contribution in [0.1, 0.15) is 111 Å². The van der Waals surface area contributed by atoms with E-state index in [9.17, 15) is 0 Å². The minimum absolute atomic E-state index is 0.155. The molecule has 2 bridgehead atoms. The average molecular weight is 547 g/mol. The van der Waals surface area contributed by atoms with E-state index in [2.05, 4.69) is 139 Å². The van der Waals surface area contributed by atoms with Crippen LogP contribution in [0.2, 0.25) is 0 Å². The molecule has 0 spiro atoms. The Labute approximate surface area is 243 Å². The van der Waals surface area contributed by atoms with Gasteiger partial charge in [-0.3, -0.25) is 0 Å². The van der Waals surface area contributed by atoms with Gasteiger partial charge in [0.05, 0.1) is 33.6 Å². The molecule has 4 unspecified atom stereocenters. The maximum absolute atomic E-state index is 5.47. The molecule has 0 aromatic carbocycles. The fourth-order valence-electron chi connectivity index (χ4n) is 8.89. The zero-order valence-electron chi connectivity index (χ0n) is 28.1. The molecule has 40 heavy (non-hydrogen) atoms. The molecule has 0 amide bonds. The highest BCUT2D eigenvalue weighted by Gasteiger charge is 2.73. The van der Waals surface area contributed by atoms with Crippen molar-refractivity contribution in [2.24, 2.45) is 43.1 Å². The lowest BCUT2D eigenvalue weighted by Crippen LogP contribution is -2.76. The molecule has 6 rings (SSSR count). The highest BCUT2D eigenvalue weighted by molar-refractivity contribution is 6.20. The van der Waals surface area contributed by atoms with Crippen molar-refractivity contribution in [3.63, 3.8) is 0 Å². The predicted octanol–water partition coefficient (Wildman–Crippen LogP) is 7.32. The first-order valence-electron chi connectivity index (χ1n) is 15.2. The summed E-state index contributed by atoms with van der Waals surface area (Å²) in [5, 5.41) is 0. The van der Waals surface area contributed by atoms with Gasteiger partial charge in [-0.2, -0.15) is 0 Å². The molecule has 0 aromatic heterocycles. The van der Waals surface area contributed by atoms with Gasteiger partial charge in [0.25, 0.3) is 0 Å². The first-order valence-corrected chi connectivity index (χ1v) is 15.2. The Hall–Kier alpha value is -2.24. The summed E-state index contributed by atoms with van der Waals surface area (Å²) in [6.45, 7) is 36.5. The topological polar surface area (TPSA) is 55.9 Å². The van der Waals surface area contributed by atoms with Crippen LogP contribution in [0, 0.1) is 23.2 Å². The number of hydrogen-bond donors (Lipinski definition) is 0. The van der Waals surface area contributed by atoms with Crippen LogP contribution in [-0.4, -0.2) is 66.4 Å². The van der Waals surface area contributed by atoms with E-state index >= 15 is 0 Å². The van der Waals surface area contributed by atoms with Gasteiger partial charge in [0.15, 0.2) is 0 Å². The van der Waals surface area contributed by atoms with Crippen molar-refractivity contribution in [1.82, 2.24) is 9.80 Å². The van der Waals surface area contributed by atoms with Gasteiger partial charge < -0.3 is 9.80 Å². The maximum Gasteiger partial charge on any atom is 0.222 e. The highest BCUT2D eigenvalue weighted by Crippen LogP contribution is 2.66. The van der Waals surface area contributed by atoms with E-state index < -0.39 is 0 Å². The van der Waals surface area contributed by atoms with Gasteiger partial charge in [-0.05, 0) is 115 Å². The van der Waals surface area contributed by atoms with Crippen molar-refractivity contribution in [1.29, 1.82) is 0 Å². The third-order valence-electron chi connectivity index (χ3n) is 9.65. The lowest BCUT2D eigenvalue weighted by Gasteiger charge is -2.67. The Balaban J connectivity index is 1.80. The summed E-state index contributed by atoms with van der Waals surface area (Å²) in [5.41, 5.74) is 2.12. The summed E-state index contributed by atoms with van der Waals surface area (Å²) >= 11 is 0. The first kappa shape index (κ1) is 29.3. The molecule has 2 heterocycles. The zero-order chi connectivity index (χ0) is 30.2. The maximum atomic E-state index is 5.47. The molecule has 0 aromatic rings. The van der Waals surface area contributed by atoms with Crippen LogP contribution in [0.4, 0.5) is 0 Å². The third kappa shape index (κ3) is 3.86. The molecule has 0 N–H and O–H groups in total. The van der Waals surface area contributed by atoms with Gasteiger partial charge in [-0.15, -0.1) is 0 Å². The molecule has 2 aliphatic heterocycles. The van der Waals surface area contributed by atoms with Crippen LogP contribution in [0.15, 0.2) is 43.8 Å². The average Bonchev–Trinajstić information content (AvgIpc) is 3.18. The van der Waals surface area contributed by atoms with Gasteiger partial charge in [0, 0.05) is 28.3 Å². The number of fused-ring (bicyclic) bond motifs is 1. The highest BCUT2D eigenvalue weighted by atomic mass is 15.4. The standard InChI is InChI=1S/C34H54N6/c1-20-19-22-23(34(16)24(20)35-26(37-28(2,3)4)40(34)31(11,12)13)21-17-18-32(22,14)25-33(21,15)39(30(8,9)10)27(36-25)38-29(5,6)7/h17-19,21-23H,1-16H3/t21?,22?,23?,32?,33-,34-/m0/s1. The van der Waals surface area contributed by atoms with Crippen LogP contribution >= 0.6 is 0 Å². The molecular formula is C34H54N6. The Morgan fingerprint density at radius 3 is 1.65 bits per heavy atom. The molecule has 1 saturated carbocycles. The summed E-state index contributed by atoms with van der Waals surface area (Å²) in [5.74, 6) is 2.57. The summed E-state index contributed by atoms with van der Waals surface area (Å²) in [6, 6.07) is 0. The lowest BCUT2D eigenvalue weighted by atomic mass is 9.42.